The topological polar surface area (TPSA) is 69.2 Å². The molecule has 19 heavy (non-hydrogen) atoms. The van der Waals surface area contributed by atoms with Crippen molar-refractivity contribution in [2.75, 3.05) is 25.1 Å². The maximum absolute atomic E-state index is 5.81. The normalized spacial score (nSPS) is 14.7. The van der Waals surface area contributed by atoms with E-state index in [-0.39, 0.29) is 17.4 Å². The Morgan fingerprint density at radius 3 is 2.79 bits per heavy atom. The molecule has 1 aromatic heterocycles. The highest BCUT2D eigenvalue weighted by atomic mass is 35.5. The van der Waals surface area contributed by atoms with Crippen molar-refractivity contribution >= 4 is 17.5 Å². The van der Waals surface area contributed by atoms with E-state index in [0.717, 1.165) is 12.5 Å². The minimum Gasteiger partial charge on any atom is -0.461 e. The highest BCUT2D eigenvalue weighted by molar-refractivity contribution is 6.28. The van der Waals surface area contributed by atoms with E-state index >= 15 is 0 Å². The molecule has 1 aromatic rings. The molecule has 7 heteroatoms. The molecule has 0 atom stereocenters. The molecular weight excluding hydrogens is 268 g/mol. The van der Waals surface area contributed by atoms with Crippen LogP contribution in [0.3, 0.4) is 0 Å². The fourth-order valence-corrected chi connectivity index (χ4v) is 1.60. The molecule has 1 saturated carbocycles. The molecule has 0 bridgehead atoms. The summed E-state index contributed by atoms with van der Waals surface area (Å²) in [6.07, 6.45) is 2.59. The van der Waals surface area contributed by atoms with E-state index < -0.39 is 0 Å². The summed E-state index contributed by atoms with van der Waals surface area (Å²) < 4.78 is 10.9. The predicted octanol–water partition coefficient (Wildman–Crippen LogP) is 2.15. The second-order valence-corrected chi connectivity index (χ2v) is 5.16. The summed E-state index contributed by atoms with van der Waals surface area (Å²) in [5.74, 6) is 1.18. The average Bonchev–Trinajstić information content (AvgIpc) is 3.10. The Labute approximate surface area is 117 Å². The lowest BCUT2D eigenvalue weighted by Crippen LogP contribution is -2.15. The highest BCUT2D eigenvalue weighted by Gasteiger charge is 2.20. The molecule has 1 aliphatic rings. The number of halogens is 1. The van der Waals surface area contributed by atoms with Crippen LogP contribution in [0.2, 0.25) is 5.28 Å². The van der Waals surface area contributed by atoms with Crippen molar-refractivity contribution < 1.29 is 9.47 Å². The summed E-state index contributed by atoms with van der Waals surface area (Å²) in [6.45, 7) is 5.91. The van der Waals surface area contributed by atoms with Crippen LogP contribution in [0.4, 0.5) is 5.95 Å². The first-order valence-electron chi connectivity index (χ1n) is 6.53. The molecule has 0 aromatic carbocycles. The second-order valence-electron chi connectivity index (χ2n) is 4.82. The van der Waals surface area contributed by atoms with Crippen LogP contribution < -0.4 is 10.1 Å². The minimum absolute atomic E-state index is 0.00630. The smallest absolute Gasteiger partial charge is 0.322 e. The van der Waals surface area contributed by atoms with E-state index in [1.807, 2.05) is 13.8 Å². The zero-order valence-electron chi connectivity index (χ0n) is 11.2. The van der Waals surface area contributed by atoms with Crippen molar-refractivity contribution in [1.82, 2.24) is 15.0 Å². The Hall–Kier alpha value is -1.14. The fraction of sp³-hybridized carbons (Fsp3) is 0.750. The third-order valence-electron chi connectivity index (χ3n) is 2.51. The average molecular weight is 287 g/mol. The van der Waals surface area contributed by atoms with Gasteiger partial charge in [-0.1, -0.05) is 0 Å². The van der Waals surface area contributed by atoms with E-state index in [1.54, 1.807) is 0 Å². The van der Waals surface area contributed by atoms with Crippen LogP contribution in [-0.2, 0) is 4.74 Å². The molecule has 0 radical (unpaired) electrons. The third-order valence-corrected chi connectivity index (χ3v) is 2.68. The SMILES string of the molecule is CC(C)Oc1nc(Cl)nc(NCCOCC2CC2)n1. The zero-order valence-corrected chi connectivity index (χ0v) is 12.0. The van der Waals surface area contributed by atoms with E-state index in [4.69, 9.17) is 21.1 Å². The largest absolute Gasteiger partial charge is 0.461 e. The van der Waals surface area contributed by atoms with Gasteiger partial charge in [0, 0.05) is 13.2 Å². The Morgan fingerprint density at radius 1 is 1.32 bits per heavy atom. The molecule has 1 heterocycles. The first kappa shape index (κ1) is 14.3. The van der Waals surface area contributed by atoms with Crippen LogP contribution in [-0.4, -0.2) is 40.8 Å². The Balaban J connectivity index is 1.75. The minimum atomic E-state index is -0.00630. The van der Waals surface area contributed by atoms with Crippen LogP contribution in [0.5, 0.6) is 6.01 Å². The fourth-order valence-electron chi connectivity index (χ4n) is 1.44. The third kappa shape index (κ3) is 5.57. The van der Waals surface area contributed by atoms with Crippen molar-refractivity contribution in [2.24, 2.45) is 5.92 Å². The summed E-state index contributed by atoms with van der Waals surface area (Å²) in [5, 5.41) is 3.16. The number of nitrogens with zero attached hydrogens (tertiary/aromatic N) is 3. The summed E-state index contributed by atoms with van der Waals surface area (Å²) in [7, 11) is 0. The van der Waals surface area contributed by atoms with Gasteiger partial charge in [-0.05, 0) is 44.2 Å². The molecule has 0 spiro atoms. The number of nitrogens with one attached hydrogen (secondary N) is 1. The van der Waals surface area contributed by atoms with Crippen molar-refractivity contribution in [3.63, 3.8) is 0 Å². The van der Waals surface area contributed by atoms with Gasteiger partial charge >= 0.3 is 6.01 Å². The van der Waals surface area contributed by atoms with Gasteiger partial charge in [0.2, 0.25) is 11.2 Å². The molecular formula is C12H19ClN4O2. The molecule has 2 rings (SSSR count). The van der Waals surface area contributed by atoms with Crippen LogP contribution in [0.15, 0.2) is 0 Å². The summed E-state index contributed by atoms with van der Waals surface area (Å²) in [4.78, 5) is 12.0. The van der Waals surface area contributed by atoms with Gasteiger partial charge in [0.1, 0.15) is 0 Å². The van der Waals surface area contributed by atoms with Crippen LogP contribution in [0, 0.1) is 5.92 Å². The van der Waals surface area contributed by atoms with Gasteiger partial charge in [0.05, 0.1) is 12.7 Å². The first-order valence-corrected chi connectivity index (χ1v) is 6.91. The van der Waals surface area contributed by atoms with Crippen molar-refractivity contribution in [3.05, 3.63) is 5.28 Å². The Morgan fingerprint density at radius 2 is 2.11 bits per heavy atom. The van der Waals surface area contributed by atoms with Gasteiger partial charge in [-0.3, -0.25) is 0 Å². The summed E-state index contributed by atoms with van der Waals surface area (Å²) in [6, 6.07) is 0.233. The lowest BCUT2D eigenvalue weighted by Gasteiger charge is -2.09. The van der Waals surface area contributed by atoms with E-state index in [2.05, 4.69) is 20.3 Å². The van der Waals surface area contributed by atoms with Crippen molar-refractivity contribution in [1.29, 1.82) is 0 Å². The summed E-state index contributed by atoms with van der Waals surface area (Å²) in [5.41, 5.74) is 0. The monoisotopic (exact) mass is 286 g/mol. The van der Waals surface area contributed by atoms with E-state index in [0.29, 0.717) is 19.1 Å². The maximum atomic E-state index is 5.81. The van der Waals surface area contributed by atoms with Gasteiger partial charge in [0.25, 0.3) is 0 Å². The lowest BCUT2D eigenvalue weighted by molar-refractivity contribution is 0.133. The molecule has 0 unspecified atom stereocenters. The van der Waals surface area contributed by atoms with Gasteiger partial charge in [0.15, 0.2) is 0 Å². The van der Waals surface area contributed by atoms with Crippen molar-refractivity contribution in [3.8, 4) is 6.01 Å². The highest BCUT2D eigenvalue weighted by Crippen LogP contribution is 2.28. The zero-order chi connectivity index (χ0) is 13.7. The number of anilines is 1. The number of rotatable bonds is 8. The summed E-state index contributed by atoms with van der Waals surface area (Å²) >= 11 is 5.81. The quantitative estimate of drug-likeness (QED) is 0.739. The number of hydrogen-bond donors (Lipinski definition) is 1. The molecule has 6 nitrogen and oxygen atoms in total. The maximum Gasteiger partial charge on any atom is 0.322 e. The second kappa shape index (κ2) is 6.86. The van der Waals surface area contributed by atoms with E-state index in [9.17, 15) is 0 Å². The van der Waals surface area contributed by atoms with Crippen LogP contribution >= 0.6 is 11.6 Å². The first-order chi connectivity index (χ1) is 9.13. The Kier molecular flexibility index (Phi) is 5.15. The molecule has 1 fully saturated rings. The molecule has 1 aliphatic carbocycles. The van der Waals surface area contributed by atoms with Gasteiger partial charge in [-0.2, -0.15) is 15.0 Å². The molecule has 0 aliphatic heterocycles. The van der Waals surface area contributed by atoms with Crippen LogP contribution in [0.1, 0.15) is 26.7 Å². The molecule has 106 valence electrons. The predicted molar refractivity (Wildman–Crippen MR) is 72.6 cm³/mol. The number of aromatic nitrogens is 3. The van der Waals surface area contributed by atoms with Crippen LogP contribution in [0.25, 0.3) is 0 Å². The standard InChI is InChI=1S/C12H19ClN4O2/c1-8(2)19-12-16-10(13)15-11(17-12)14-5-6-18-7-9-3-4-9/h8-9H,3-7H2,1-2H3,(H,14,15,16,17). The van der Waals surface area contributed by atoms with Gasteiger partial charge in [-0.25, -0.2) is 0 Å². The number of hydrogen-bond acceptors (Lipinski definition) is 6. The molecule has 0 amide bonds. The molecule has 1 N–H and O–H groups in total. The lowest BCUT2D eigenvalue weighted by atomic mass is 10.5. The van der Waals surface area contributed by atoms with Gasteiger partial charge in [-0.15, -0.1) is 0 Å². The van der Waals surface area contributed by atoms with E-state index in [1.165, 1.54) is 12.8 Å². The Bertz CT molecular complexity index is 413. The molecule has 0 saturated heterocycles. The number of ether oxygens (including phenoxy) is 2. The van der Waals surface area contributed by atoms with Crippen molar-refractivity contribution in [2.45, 2.75) is 32.8 Å². The van der Waals surface area contributed by atoms with Gasteiger partial charge < -0.3 is 14.8 Å².